The lowest BCUT2D eigenvalue weighted by molar-refractivity contribution is -0.137. The van der Waals surface area contributed by atoms with Crippen molar-refractivity contribution in [2.24, 2.45) is 0 Å². The molecule has 3 rings (SSSR count). The average molecular weight is 449 g/mol. The number of amides is 2. The zero-order chi connectivity index (χ0) is 22.1. The molecule has 9 heteroatoms. The van der Waals surface area contributed by atoms with Crippen LogP contribution >= 0.6 is 11.3 Å². The standard InChI is InChI=1S/C22H28N2O6S/c1-2-3-5-16(12-28-13-17-6-4-9-31-17)23-22(27)24-18(11-21(25)26)15-7-8-19-20(10-15)30-14-29-19/h4,6-10,16,18H,2-3,5,11-14H2,1H3,(H,25,26)(H2,23,24,27)/t16-,18+/m0/s1. The quantitative estimate of drug-likeness (QED) is 0.452. The predicted molar refractivity (Wildman–Crippen MR) is 117 cm³/mol. The van der Waals surface area contributed by atoms with Crippen molar-refractivity contribution in [2.45, 2.75) is 51.3 Å². The number of fused-ring (bicyclic) bond motifs is 1. The fraction of sp³-hybridized carbons (Fsp3) is 0.455. The summed E-state index contributed by atoms with van der Waals surface area (Å²) in [5.41, 5.74) is 0.640. The number of benzene rings is 1. The van der Waals surface area contributed by atoms with Gasteiger partial charge in [0.15, 0.2) is 11.5 Å². The number of carbonyl (C=O) groups excluding carboxylic acids is 1. The van der Waals surface area contributed by atoms with Crippen LogP contribution < -0.4 is 20.1 Å². The Morgan fingerprint density at radius 1 is 1.23 bits per heavy atom. The molecule has 1 aromatic heterocycles. The lowest BCUT2D eigenvalue weighted by atomic mass is 10.0. The van der Waals surface area contributed by atoms with E-state index >= 15 is 0 Å². The van der Waals surface area contributed by atoms with E-state index < -0.39 is 18.0 Å². The van der Waals surface area contributed by atoms with E-state index in [1.165, 1.54) is 0 Å². The van der Waals surface area contributed by atoms with Gasteiger partial charge in [0, 0.05) is 4.88 Å². The van der Waals surface area contributed by atoms with Crippen LogP contribution in [0.2, 0.25) is 0 Å². The summed E-state index contributed by atoms with van der Waals surface area (Å²) in [6, 6.07) is 7.84. The Kier molecular flexibility index (Phi) is 8.54. The summed E-state index contributed by atoms with van der Waals surface area (Å²) in [6.07, 6.45) is 2.49. The molecule has 8 nitrogen and oxygen atoms in total. The van der Waals surface area contributed by atoms with Crippen LogP contribution in [-0.4, -0.2) is 36.5 Å². The van der Waals surface area contributed by atoms with Gasteiger partial charge in [-0.1, -0.05) is 31.9 Å². The van der Waals surface area contributed by atoms with Crippen LogP contribution in [-0.2, 0) is 16.1 Å². The molecule has 0 bridgehead atoms. The number of ether oxygens (including phenoxy) is 3. The lowest BCUT2D eigenvalue weighted by Gasteiger charge is -2.22. The van der Waals surface area contributed by atoms with E-state index in [2.05, 4.69) is 17.6 Å². The number of urea groups is 1. The number of nitrogens with one attached hydrogen (secondary N) is 2. The minimum absolute atomic E-state index is 0.126. The first-order valence-corrected chi connectivity index (χ1v) is 11.2. The summed E-state index contributed by atoms with van der Waals surface area (Å²) in [4.78, 5) is 25.2. The van der Waals surface area contributed by atoms with Gasteiger partial charge in [0.05, 0.1) is 31.7 Å². The van der Waals surface area contributed by atoms with Gasteiger partial charge in [0.25, 0.3) is 0 Å². The normalized spacial score (nSPS) is 14.1. The highest BCUT2D eigenvalue weighted by Gasteiger charge is 2.23. The molecule has 0 unspecified atom stereocenters. The third-order valence-corrected chi connectivity index (χ3v) is 5.72. The van der Waals surface area contributed by atoms with Crippen LogP contribution in [0.1, 0.15) is 49.1 Å². The fourth-order valence-electron chi connectivity index (χ4n) is 3.29. The molecule has 1 aromatic carbocycles. The van der Waals surface area contributed by atoms with Crippen LogP contribution in [0.5, 0.6) is 11.5 Å². The first-order valence-electron chi connectivity index (χ1n) is 10.3. The van der Waals surface area contributed by atoms with E-state index in [4.69, 9.17) is 14.2 Å². The Hall–Kier alpha value is -2.78. The summed E-state index contributed by atoms with van der Waals surface area (Å²) < 4.78 is 16.5. The van der Waals surface area contributed by atoms with E-state index in [1.54, 1.807) is 29.5 Å². The Labute approximate surface area is 185 Å². The van der Waals surface area contributed by atoms with E-state index in [1.807, 2.05) is 17.5 Å². The van der Waals surface area contributed by atoms with Crippen molar-refractivity contribution in [3.05, 3.63) is 46.2 Å². The Bertz CT molecular complexity index is 858. The Morgan fingerprint density at radius 2 is 2.06 bits per heavy atom. The van der Waals surface area contributed by atoms with Crippen LogP contribution in [0.3, 0.4) is 0 Å². The molecular weight excluding hydrogens is 420 g/mol. The molecule has 168 valence electrons. The highest BCUT2D eigenvalue weighted by molar-refractivity contribution is 7.09. The molecule has 3 N–H and O–H groups in total. The molecule has 0 radical (unpaired) electrons. The second-order valence-corrected chi connectivity index (χ2v) is 8.35. The number of hydrogen-bond acceptors (Lipinski definition) is 6. The number of unbranched alkanes of at least 4 members (excludes halogenated alkanes) is 1. The SMILES string of the molecule is CCCC[C@@H](COCc1cccs1)NC(=O)N[C@H](CC(=O)O)c1ccc2c(c1)OCO2. The molecule has 0 aliphatic carbocycles. The molecule has 0 fully saturated rings. The summed E-state index contributed by atoms with van der Waals surface area (Å²) in [6.45, 7) is 3.11. The summed E-state index contributed by atoms with van der Waals surface area (Å²) in [7, 11) is 0. The third kappa shape index (κ3) is 7.15. The molecule has 2 aromatic rings. The molecule has 2 atom stereocenters. The zero-order valence-electron chi connectivity index (χ0n) is 17.5. The van der Waals surface area contributed by atoms with E-state index in [0.717, 1.165) is 24.1 Å². The van der Waals surface area contributed by atoms with Gasteiger partial charge in [-0.15, -0.1) is 11.3 Å². The molecule has 31 heavy (non-hydrogen) atoms. The van der Waals surface area contributed by atoms with Gasteiger partial charge in [-0.3, -0.25) is 4.79 Å². The van der Waals surface area contributed by atoms with E-state index in [0.29, 0.717) is 30.3 Å². The van der Waals surface area contributed by atoms with E-state index in [-0.39, 0.29) is 19.3 Å². The molecule has 0 spiro atoms. The van der Waals surface area contributed by atoms with E-state index in [9.17, 15) is 14.7 Å². The topological polar surface area (TPSA) is 106 Å². The molecule has 0 saturated carbocycles. The van der Waals surface area contributed by atoms with Crippen LogP contribution in [0.15, 0.2) is 35.7 Å². The maximum Gasteiger partial charge on any atom is 0.315 e. The maximum atomic E-state index is 12.7. The van der Waals surface area contributed by atoms with Gasteiger partial charge in [-0.05, 0) is 35.6 Å². The van der Waals surface area contributed by atoms with Gasteiger partial charge in [0.2, 0.25) is 6.79 Å². The number of hydrogen-bond donors (Lipinski definition) is 3. The minimum Gasteiger partial charge on any atom is -0.481 e. The van der Waals surface area contributed by atoms with Crippen LogP contribution in [0.4, 0.5) is 4.79 Å². The summed E-state index contributed by atoms with van der Waals surface area (Å²) >= 11 is 1.63. The summed E-state index contributed by atoms with van der Waals surface area (Å²) in [5, 5.41) is 17.0. The molecule has 1 aliphatic heterocycles. The van der Waals surface area contributed by atoms with Gasteiger partial charge in [-0.2, -0.15) is 0 Å². The highest BCUT2D eigenvalue weighted by atomic mass is 32.1. The molecule has 0 saturated heterocycles. The smallest absolute Gasteiger partial charge is 0.315 e. The van der Waals surface area contributed by atoms with Crippen molar-refractivity contribution in [1.29, 1.82) is 0 Å². The molecular formula is C22H28N2O6S. The second kappa shape index (κ2) is 11.6. The summed E-state index contributed by atoms with van der Waals surface area (Å²) in [5.74, 6) is 0.132. The lowest BCUT2D eigenvalue weighted by Crippen LogP contribution is -2.45. The largest absolute Gasteiger partial charge is 0.481 e. The van der Waals surface area contributed by atoms with Gasteiger partial charge < -0.3 is 30.0 Å². The Morgan fingerprint density at radius 3 is 2.81 bits per heavy atom. The first-order chi connectivity index (χ1) is 15.0. The first kappa shape index (κ1) is 22.9. The molecule has 1 aliphatic rings. The van der Waals surface area contributed by atoms with Gasteiger partial charge in [0.1, 0.15) is 0 Å². The fourth-order valence-corrected chi connectivity index (χ4v) is 3.93. The minimum atomic E-state index is -1.01. The van der Waals surface area contributed by atoms with Crippen molar-refractivity contribution in [3.63, 3.8) is 0 Å². The average Bonchev–Trinajstić information content (AvgIpc) is 3.42. The number of carbonyl (C=O) groups is 2. The van der Waals surface area contributed by atoms with Crippen molar-refractivity contribution in [1.82, 2.24) is 10.6 Å². The predicted octanol–water partition coefficient (Wildman–Crippen LogP) is 4.07. The zero-order valence-corrected chi connectivity index (χ0v) is 18.3. The van der Waals surface area contributed by atoms with Crippen molar-refractivity contribution in [3.8, 4) is 11.5 Å². The van der Waals surface area contributed by atoms with Crippen molar-refractivity contribution < 1.29 is 28.9 Å². The number of rotatable bonds is 12. The Balaban J connectivity index is 1.59. The maximum absolute atomic E-state index is 12.7. The van der Waals surface area contributed by atoms with Gasteiger partial charge in [-0.25, -0.2) is 4.79 Å². The molecule has 2 amide bonds. The number of aliphatic carboxylic acids is 1. The number of thiophene rings is 1. The third-order valence-electron chi connectivity index (χ3n) is 4.87. The second-order valence-electron chi connectivity index (χ2n) is 7.31. The monoisotopic (exact) mass is 448 g/mol. The molecule has 2 heterocycles. The van der Waals surface area contributed by atoms with Crippen LogP contribution in [0.25, 0.3) is 0 Å². The number of carboxylic acid groups (broad SMARTS) is 1. The van der Waals surface area contributed by atoms with Gasteiger partial charge >= 0.3 is 12.0 Å². The highest BCUT2D eigenvalue weighted by Crippen LogP contribution is 2.34. The van der Waals surface area contributed by atoms with Crippen molar-refractivity contribution in [2.75, 3.05) is 13.4 Å². The number of carboxylic acids is 1. The van der Waals surface area contributed by atoms with Crippen LogP contribution in [0, 0.1) is 0 Å². The van der Waals surface area contributed by atoms with Crippen molar-refractivity contribution >= 4 is 23.3 Å².